The van der Waals surface area contributed by atoms with E-state index in [-0.39, 0.29) is 5.92 Å². The molecule has 6 heteroatoms. The van der Waals surface area contributed by atoms with Crippen LogP contribution in [0.15, 0.2) is 18.2 Å². The number of carbonyl (C=O) groups is 1. The Morgan fingerprint density at radius 1 is 1.33 bits per heavy atom. The summed E-state index contributed by atoms with van der Waals surface area (Å²) < 4.78 is 0. The fourth-order valence-corrected chi connectivity index (χ4v) is 4.45. The summed E-state index contributed by atoms with van der Waals surface area (Å²) in [6.07, 6.45) is 1.80. The van der Waals surface area contributed by atoms with Crippen LogP contribution in [-0.4, -0.2) is 41.6 Å². The SMILES string of the molecule is Cc1ccc([C@@H]2C[C@@H]2C(=O)N2CCc3nnc(N(C)C)cc3C2)s1. The zero-order chi connectivity index (χ0) is 16.8. The molecule has 2 aliphatic rings. The quantitative estimate of drug-likeness (QED) is 0.860. The van der Waals surface area contributed by atoms with Crippen LogP contribution in [0.1, 0.15) is 33.4 Å². The van der Waals surface area contributed by atoms with Crippen LogP contribution in [0.25, 0.3) is 0 Å². The van der Waals surface area contributed by atoms with E-state index in [0.717, 1.165) is 36.5 Å². The minimum Gasteiger partial charge on any atom is -0.361 e. The van der Waals surface area contributed by atoms with Crippen LogP contribution in [0.5, 0.6) is 0 Å². The number of anilines is 1. The van der Waals surface area contributed by atoms with Crippen molar-refractivity contribution >= 4 is 23.1 Å². The molecule has 126 valence electrons. The van der Waals surface area contributed by atoms with Gasteiger partial charge in [-0.05, 0) is 37.1 Å². The van der Waals surface area contributed by atoms with Crippen molar-refractivity contribution in [2.24, 2.45) is 5.92 Å². The van der Waals surface area contributed by atoms with Crippen LogP contribution < -0.4 is 4.90 Å². The number of amides is 1. The van der Waals surface area contributed by atoms with Crippen LogP contribution in [0, 0.1) is 12.8 Å². The van der Waals surface area contributed by atoms with Gasteiger partial charge in [-0.15, -0.1) is 16.4 Å². The maximum Gasteiger partial charge on any atom is 0.226 e. The molecular formula is C18H22N4OS. The van der Waals surface area contributed by atoms with Crippen molar-refractivity contribution in [1.82, 2.24) is 15.1 Å². The van der Waals surface area contributed by atoms with Gasteiger partial charge in [0, 0.05) is 55.2 Å². The van der Waals surface area contributed by atoms with E-state index in [1.165, 1.54) is 9.75 Å². The van der Waals surface area contributed by atoms with Gasteiger partial charge in [-0.3, -0.25) is 4.79 Å². The normalized spacial score (nSPS) is 22.2. The zero-order valence-electron chi connectivity index (χ0n) is 14.3. The monoisotopic (exact) mass is 342 g/mol. The molecule has 0 spiro atoms. The predicted molar refractivity (Wildman–Crippen MR) is 95.4 cm³/mol. The molecule has 1 aliphatic heterocycles. The van der Waals surface area contributed by atoms with Gasteiger partial charge in [0.2, 0.25) is 5.91 Å². The van der Waals surface area contributed by atoms with Crippen molar-refractivity contribution in [2.75, 3.05) is 25.5 Å². The first-order valence-electron chi connectivity index (χ1n) is 8.41. The lowest BCUT2D eigenvalue weighted by molar-refractivity contribution is -0.133. The number of aromatic nitrogens is 2. The fourth-order valence-electron chi connectivity index (χ4n) is 3.39. The van der Waals surface area contributed by atoms with Crippen LogP contribution in [-0.2, 0) is 17.8 Å². The van der Waals surface area contributed by atoms with Gasteiger partial charge in [0.1, 0.15) is 0 Å². The Labute approximate surface area is 146 Å². The molecule has 1 saturated carbocycles. The van der Waals surface area contributed by atoms with E-state index in [0.29, 0.717) is 18.4 Å². The fraction of sp³-hybridized carbons (Fsp3) is 0.500. The van der Waals surface area contributed by atoms with E-state index in [4.69, 9.17) is 0 Å². The van der Waals surface area contributed by atoms with Gasteiger partial charge < -0.3 is 9.80 Å². The number of fused-ring (bicyclic) bond motifs is 1. The zero-order valence-corrected chi connectivity index (χ0v) is 15.1. The van der Waals surface area contributed by atoms with E-state index in [1.54, 1.807) is 0 Å². The van der Waals surface area contributed by atoms with E-state index < -0.39 is 0 Å². The first-order chi connectivity index (χ1) is 11.5. The highest BCUT2D eigenvalue weighted by Crippen LogP contribution is 2.50. The summed E-state index contributed by atoms with van der Waals surface area (Å²) in [6, 6.07) is 6.40. The molecule has 3 heterocycles. The maximum atomic E-state index is 12.9. The third-order valence-corrected chi connectivity index (χ3v) is 6.06. The van der Waals surface area contributed by atoms with Gasteiger partial charge in [-0.1, -0.05) is 0 Å². The van der Waals surface area contributed by atoms with Gasteiger partial charge in [0.15, 0.2) is 5.82 Å². The largest absolute Gasteiger partial charge is 0.361 e. The second kappa shape index (κ2) is 5.84. The first kappa shape index (κ1) is 15.6. The summed E-state index contributed by atoms with van der Waals surface area (Å²) in [7, 11) is 3.92. The number of hydrogen-bond acceptors (Lipinski definition) is 5. The highest BCUT2D eigenvalue weighted by atomic mass is 32.1. The van der Waals surface area contributed by atoms with Gasteiger partial charge in [-0.2, -0.15) is 5.10 Å². The number of aryl methyl sites for hydroxylation is 1. The van der Waals surface area contributed by atoms with Crippen molar-refractivity contribution in [3.8, 4) is 0 Å². The average molecular weight is 342 g/mol. The summed E-state index contributed by atoms with van der Waals surface area (Å²) in [5.41, 5.74) is 2.17. The average Bonchev–Trinajstić information content (AvgIpc) is 3.27. The van der Waals surface area contributed by atoms with Crippen LogP contribution in [0.2, 0.25) is 0 Å². The molecule has 0 N–H and O–H groups in total. The van der Waals surface area contributed by atoms with Crippen molar-refractivity contribution in [1.29, 1.82) is 0 Å². The molecule has 2 atom stereocenters. The van der Waals surface area contributed by atoms with Crippen molar-refractivity contribution < 1.29 is 4.79 Å². The molecule has 0 bridgehead atoms. The molecule has 0 unspecified atom stereocenters. The summed E-state index contributed by atoms with van der Waals surface area (Å²) in [5, 5.41) is 8.57. The summed E-state index contributed by atoms with van der Waals surface area (Å²) in [5.74, 6) is 1.76. The molecule has 4 rings (SSSR count). The van der Waals surface area contributed by atoms with Crippen LogP contribution >= 0.6 is 11.3 Å². The lowest BCUT2D eigenvalue weighted by Gasteiger charge is -2.29. The van der Waals surface area contributed by atoms with E-state index >= 15 is 0 Å². The molecule has 0 radical (unpaired) electrons. The minimum absolute atomic E-state index is 0.174. The van der Waals surface area contributed by atoms with Gasteiger partial charge in [-0.25, -0.2) is 0 Å². The van der Waals surface area contributed by atoms with Gasteiger partial charge in [0.25, 0.3) is 0 Å². The van der Waals surface area contributed by atoms with Gasteiger partial charge >= 0.3 is 0 Å². The first-order valence-corrected chi connectivity index (χ1v) is 9.22. The standard InChI is InChI=1S/C18H22N4OS/c1-11-4-5-16(24-11)13-9-14(13)18(23)22-7-6-15-12(10-22)8-17(20-19-15)21(2)3/h4-5,8,13-14H,6-7,9-10H2,1-3H3/t13-,14+/m1/s1. The lowest BCUT2D eigenvalue weighted by atomic mass is 10.1. The third-order valence-electron chi connectivity index (χ3n) is 4.93. The molecule has 0 aromatic carbocycles. The number of rotatable bonds is 3. The summed E-state index contributed by atoms with van der Waals surface area (Å²) in [6.45, 7) is 3.55. The summed E-state index contributed by atoms with van der Waals surface area (Å²) in [4.78, 5) is 19.5. The van der Waals surface area contributed by atoms with Crippen LogP contribution in [0.4, 0.5) is 5.82 Å². The van der Waals surface area contributed by atoms with E-state index in [2.05, 4.69) is 35.3 Å². The number of carbonyl (C=O) groups excluding carboxylic acids is 1. The lowest BCUT2D eigenvalue weighted by Crippen LogP contribution is -2.37. The maximum absolute atomic E-state index is 12.9. The number of nitrogens with zero attached hydrogens (tertiary/aromatic N) is 4. The van der Waals surface area contributed by atoms with Crippen molar-refractivity contribution in [3.05, 3.63) is 39.2 Å². The molecule has 1 fully saturated rings. The molecule has 5 nitrogen and oxygen atoms in total. The molecule has 1 amide bonds. The van der Waals surface area contributed by atoms with Crippen molar-refractivity contribution in [2.45, 2.75) is 32.2 Å². The molecule has 1 aliphatic carbocycles. The topological polar surface area (TPSA) is 49.3 Å². The number of hydrogen-bond donors (Lipinski definition) is 0. The van der Waals surface area contributed by atoms with Gasteiger partial charge in [0.05, 0.1) is 5.69 Å². The molecule has 2 aromatic heterocycles. The smallest absolute Gasteiger partial charge is 0.226 e. The predicted octanol–water partition coefficient (Wildman–Crippen LogP) is 2.60. The van der Waals surface area contributed by atoms with E-state index in [1.807, 2.05) is 35.2 Å². The van der Waals surface area contributed by atoms with Crippen molar-refractivity contribution in [3.63, 3.8) is 0 Å². The van der Waals surface area contributed by atoms with E-state index in [9.17, 15) is 4.79 Å². The Hall–Kier alpha value is -1.95. The Balaban J connectivity index is 1.46. The second-order valence-electron chi connectivity index (χ2n) is 6.98. The highest BCUT2D eigenvalue weighted by molar-refractivity contribution is 7.12. The Kier molecular flexibility index (Phi) is 3.79. The molecular weight excluding hydrogens is 320 g/mol. The molecule has 0 saturated heterocycles. The Morgan fingerprint density at radius 3 is 2.88 bits per heavy atom. The summed E-state index contributed by atoms with van der Waals surface area (Å²) >= 11 is 1.83. The van der Waals surface area contributed by atoms with Crippen LogP contribution in [0.3, 0.4) is 0 Å². The molecule has 24 heavy (non-hydrogen) atoms. The third kappa shape index (κ3) is 2.79. The second-order valence-corrected chi connectivity index (χ2v) is 8.30. The Bertz CT molecular complexity index is 785. The molecule has 2 aromatic rings. The number of thiophene rings is 1. The minimum atomic E-state index is 0.174. The highest BCUT2D eigenvalue weighted by Gasteiger charge is 2.46. The Morgan fingerprint density at radius 2 is 2.17 bits per heavy atom.